The lowest BCUT2D eigenvalue weighted by atomic mass is 9.78. The number of aliphatic hydroxyl groups excluding tert-OH is 2. The number of rotatable bonds is 11. The molecule has 1 rings (SSSR count). The van der Waals surface area contributed by atoms with Gasteiger partial charge >= 0.3 is 0 Å². The Morgan fingerprint density at radius 1 is 0.850 bits per heavy atom. The predicted octanol–water partition coefficient (Wildman–Crippen LogP) is 3.95. The van der Waals surface area contributed by atoms with Crippen LogP contribution in [0.15, 0.2) is 30.3 Å². The number of unbranched alkanes of at least 4 members (excludes halogenated alkanes) is 5. The molecule has 0 atom stereocenters. The third-order valence-electron chi connectivity index (χ3n) is 4.15. The van der Waals surface area contributed by atoms with Crippen molar-refractivity contribution in [3.05, 3.63) is 35.9 Å². The monoisotopic (exact) mass is 278 g/mol. The van der Waals surface area contributed by atoms with Crippen LogP contribution in [0.1, 0.15) is 57.4 Å². The first-order valence-corrected chi connectivity index (χ1v) is 8.02. The average molecular weight is 278 g/mol. The van der Waals surface area contributed by atoms with Gasteiger partial charge in [-0.3, -0.25) is 0 Å². The van der Waals surface area contributed by atoms with Gasteiger partial charge in [0.25, 0.3) is 0 Å². The lowest BCUT2D eigenvalue weighted by Crippen LogP contribution is -2.32. The molecule has 0 amide bonds. The zero-order valence-electron chi connectivity index (χ0n) is 12.9. The Bertz CT molecular complexity index is 331. The maximum Gasteiger partial charge on any atom is 0.0512 e. The molecule has 0 unspecified atom stereocenters. The summed E-state index contributed by atoms with van der Waals surface area (Å²) < 4.78 is 0. The lowest BCUT2D eigenvalue weighted by Gasteiger charge is -2.30. The Kier molecular flexibility index (Phi) is 8.56. The summed E-state index contributed by atoms with van der Waals surface area (Å²) in [4.78, 5) is 0. The molecule has 0 saturated heterocycles. The molecule has 0 fully saturated rings. The van der Waals surface area contributed by atoms with E-state index in [4.69, 9.17) is 0 Å². The van der Waals surface area contributed by atoms with E-state index < -0.39 is 0 Å². The normalized spacial score (nSPS) is 11.8. The third kappa shape index (κ3) is 6.06. The van der Waals surface area contributed by atoms with Crippen molar-refractivity contribution in [2.24, 2.45) is 5.41 Å². The van der Waals surface area contributed by atoms with Gasteiger partial charge in [0.15, 0.2) is 0 Å². The van der Waals surface area contributed by atoms with Crippen molar-refractivity contribution in [3.63, 3.8) is 0 Å². The van der Waals surface area contributed by atoms with Gasteiger partial charge in [-0.2, -0.15) is 0 Å². The summed E-state index contributed by atoms with van der Waals surface area (Å²) in [6, 6.07) is 10.2. The molecule has 114 valence electrons. The van der Waals surface area contributed by atoms with Crippen LogP contribution >= 0.6 is 0 Å². The molecule has 0 aliphatic rings. The van der Waals surface area contributed by atoms with E-state index in [1.54, 1.807) is 0 Å². The maximum atomic E-state index is 9.72. The summed E-state index contributed by atoms with van der Waals surface area (Å²) in [5.74, 6) is 0. The molecule has 2 heteroatoms. The van der Waals surface area contributed by atoms with E-state index in [0.29, 0.717) is 0 Å². The van der Waals surface area contributed by atoms with Gasteiger partial charge in [0.1, 0.15) is 0 Å². The minimum Gasteiger partial charge on any atom is -0.396 e. The van der Waals surface area contributed by atoms with E-state index in [2.05, 4.69) is 19.1 Å². The molecule has 0 aromatic heterocycles. The highest BCUT2D eigenvalue weighted by atomic mass is 16.3. The number of hydrogen-bond donors (Lipinski definition) is 2. The first-order valence-electron chi connectivity index (χ1n) is 8.02. The van der Waals surface area contributed by atoms with Crippen LogP contribution in [0.4, 0.5) is 0 Å². The van der Waals surface area contributed by atoms with Crippen molar-refractivity contribution < 1.29 is 10.2 Å². The SMILES string of the molecule is CCCCCCCCC(CO)(CO)Cc1ccccc1. The van der Waals surface area contributed by atoms with E-state index in [9.17, 15) is 10.2 Å². The highest BCUT2D eigenvalue weighted by Gasteiger charge is 2.28. The predicted molar refractivity (Wildman–Crippen MR) is 84.7 cm³/mol. The fourth-order valence-corrected chi connectivity index (χ4v) is 2.72. The topological polar surface area (TPSA) is 40.5 Å². The third-order valence-corrected chi connectivity index (χ3v) is 4.15. The maximum absolute atomic E-state index is 9.72. The van der Waals surface area contributed by atoms with Crippen molar-refractivity contribution >= 4 is 0 Å². The molecular formula is C18H30O2. The number of benzene rings is 1. The highest BCUT2D eigenvalue weighted by Crippen LogP contribution is 2.29. The van der Waals surface area contributed by atoms with Gasteiger partial charge < -0.3 is 10.2 Å². The zero-order valence-corrected chi connectivity index (χ0v) is 12.9. The second kappa shape index (κ2) is 9.95. The van der Waals surface area contributed by atoms with E-state index in [-0.39, 0.29) is 18.6 Å². The molecule has 1 aromatic carbocycles. The van der Waals surface area contributed by atoms with Gasteiger partial charge in [-0.15, -0.1) is 0 Å². The fourth-order valence-electron chi connectivity index (χ4n) is 2.72. The van der Waals surface area contributed by atoms with Crippen LogP contribution in [0, 0.1) is 5.41 Å². The molecular weight excluding hydrogens is 248 g/mol. The molecule has 0 aliphatic heterocycles. The first-order chi connectivity index (χ1) is 9.76. The Hall–Kier alpha value is -0.860. The highest BCUT2D eigenvalue weighted by molar-refractivity contribution is 5.16. The minimum atomic E-state index is -0.355. The number of hydrogen-bond acceptors (Lipinski definition) is 2. The van der Waals surface area contributed by atoms with Gasteiger partial charge in [0.2, 0.25) is 0 Å². The minimum absolute atomic E-state index is 0.0629. The molecule has 0 bridgehead atoms. The second-order valence-corrected chi connectivity index (χ2v) is 6.00. The summed E-state index contributed by atoms with van der Waals surface area (Å²) in [6.45, 7) is 2.35. The van der Waals surface area contributed by atoms with E-state index >= 15 is 0 Å². The second-order valence-electron chi connectivity index (χ2n) is 6.00. The van der Waals surface area contributed by atoms with Crippen LogP contribution in [-0.2, 0) is 6.42 Å². The molecule has 0 saturated carbocycles. The Balaban J connectivity index is 2.41. The first kappa shape index (κ1) is 17.2. The van der Waals surface area contributed by atoms with Gasteiger partial charge in [0.05, 0.1) is 13.2 Å². The lowest BCUT2D eigenvalue weighted by molar-refractivity contribution is 0.0449. The fraction of sp³-hybridized carbons (Fsp3) is 0.667. The van der Waals surface area contributed by atoms with Crippen LogP contribution in [0.25, 0.3) is 0 Å². The molecule has 1 aromatic rings. The zero-order chi connectivity index (χ0) is 14.7. The number of aliphatic hydroxyl groups is 2. The summed E-state index contributed by atoms with van der Waals surface area (Å²) in [7, 11) is 0. The van der Waals surface area contributed by atoms with Gasteiger partial charge in [0, 0.05) is 5.41 Å². The van der Waals surface area contributed by atoms with E-state index in [0.717, 1.165) is 19.3 Å². The Morgan fingerprint density at radius 2 is 1.45 bits per heavy atom. The standard InChI is InChI=1S/C18H30O2/c1-2-3-4-5-6-10-13-18(15-19,16-20)14-17-11-8-7-9-12-17/h7-9,11-12,19-20H,2-6,10,13-16H2,1H3. The Morgan fingerprint density at radius 3 is 2.05 bits per heavy atom. The molecule has 0 radical (unpaired) electrons. The summed E-state index contributed by atoms with van der Waals surface area (Å²) in [6.07, 6.45) is 9.12. The molecule has 0 heterocycles. The van der Waals surface area contributed by atoms with E-state index in [1.807, 2.05) is 18.2 Å². The van der Waals surface area contributed by atoms with Gasteiger partial charge in [-0.1, -0.05) is 75.8 Å². The van der Waals surface area contributed by atoms with Crippen LogP contribution in [-0.4, -0.2) is 23.4 Å². The van der Waals surface area contributed by atoms with Crippen LogP contribution in [0.5, 0.6) is 0 Å². The van der Waals surface area contributed by atoms with Crippen LogP contribution in [0.3, 0.4) is 0 Å². The van der Waals surface area contributed by atoms with Crippen molar-refractivity contribution in [1.82, 2.24) is 0 Å². The smallest absolute Gasteiger partial charge is 0.0512 e. The quantitative estimate of drug-likeness (QED) is 0.602. The molecule has 0 spiro atoms. The van der Waals surface area contributed by atoms with Gasteiger partial charge in [-0.05, 0) is 18.4 Å². The van der Waals surface area contributed by atoms with Crippen molar-refractivity contribution in [1.29, 1.82) is 0 Å². The summed E-state index contributed by atoms with van der Waals surface area (Å²) >= 11 is 0. The molecule has 0 aliphatic carbocycles. The van der Waals surface area contributed by atoms with Gasteiger partial charge in [-0.25, -0.2) is 0 Å². The van der Waals surface area contributed by atoms with Crippen molar-refractivity contribution in [3.8, 4) is 0 Å². The molecule has 20 heavy (non-hydrogen) atoms. The summed E-state index contributed by atoms with van der Waals surface area (Å²) in [5.41, 5.74) is 0.841. The average Bonchev–Trinajstić information content (AvgIpc) is 2.50. The van der Waals surface area contributed by atoms with Crippen LogP contribution < -0.4 is 0 Å². The van der Waals surface area contributed by atoms with E-state index in [1.165, 1.54) is 37.7 Å². The van der Waals surface area contributed by atoms with Crippen molar-refractivity contribution in [2.75, 3.05) is 13.2 Å². The molecule has 2 N–H and O–H groups in total. The largest absolute Gasteiger partial charge is 0.396 e. The molecule has 2 nitrogen and oxygen atoms in total. The summed E-state index contributed by atoms with van der Waals surface area (Å²) in [5, 5.41) is 19.4. The van der Waals surface area contributed by atoms with Crippen molar-refractivity contribution in [2.45, 2.75) is 58.3 Å². The Labute approximate surface area is 123 Å². The van der Waals surface area contributed by atoms with Crippen LogP contribution in [0.2, 0.25) is 0 Å².